The van der Waals surface area contributed by atoms with E-state index in [-0.39, 0.29) is 5.91 Å². The third-order valence-corrected chi connectivity index (χ3v) is 3.25. The van der Waals surface area contributed by atoms with Gasteiger partial charge in [0.05, 0.1) is 11.9 Å². The van der Waals surface area contributed by atoms with Crippen molar-refractivity contribution in [3.8, 4) is 5.69 Å². The summed E-state index contributed by atoms with van der Waals surface area (Å²) in [6.45, 7) is 1.94. The number of nitrogens with zero attached hydrogens (tertiary/aromatic N) is 4. The molecule has 1 amide bonds. The summed E-state index contributed by atoms with van der Waals surface area (Å²) in [6, 6.07) is 13.1. The molecule has 0 unspecified atom stereocenters. The molecule has 2 aromatic heterocycles. The van der Waals surface area contributed by atoms with Gasteiger partial charge in [-0.25, -0.2) is 10.1 Å². The maximum Gasteiger partial charge on any atom is 0.271 e. The molecule has 0 atom stereocenters. The summed E-state index contributed by atoms with van der Waals surface area (Å²) >= 11 is 0. The van der Waals surface area contributed by atoms with Crippen molar-refractivity contribution in [2.75, 3.05) is 0 Å². The Morgan fingerprint density at radius 3 is 2.65 bits per heavy atom. The van der Waals surface area contributed by atoms with E-state index in [0.29, 0.717) is 11.3 Å². The van der Waals surface area contributed by atoms with E-state index in [2.05, 4.69) is 20.6 Å². The minimum atomic E-state index is -0.288. The zero-order chi connectivity index (χ0) is 16.1. The number of para-hydroxylation sites is 1. The second kappa shape index (κ2) is 6.65. The van der Waals surface area contributed by atoms with Gasteiger partial charge in [-0.1, -0.05) is 18.2 Å². The van der Waals surface area contributed by atoms with Crippen molar-refractivity contribution in [3.05, 3.63) is 77.9 Å². The van der Waals surface area contributed by atoms with Crippen LogP contribution in [0.15, 0.2) is 66.2 Å². The minimum absolute atomic E-state index is 0.288. The van der Waals surface area contributed by atoms with Crippen LogP contribution in [0.3, 0.4) is 0 Å². The molecule has 0 aliphatic rings. The molecule has 0 bridgehead atoms. The number of pyridine rings is 1. The highest BCUT2D eigenvalue weighted by molar-refractivity contribution is 5.94. The summed E-state index contributed by atoms with van der Waals surface area (Å²) in [6.07, 6.45) is 6.57. The summed E-state index contributed by atoms with van der Waals surface area (Å²) in [4.78, 5) is 15.7. The quantitative estimate of drug-likeness (QED) is 0.594. The van der Waals surface area contributed by atoms with Crippen molar-refractivity contribution in [3.63, 3.8) is 0 Å². The van der Waals surface area contributed by atoms with Crippen LogP contribution in [0, 0.1) is 6.92 Å². The smallest absolute Gasteiger partial charge is 0.267 e. The van der Waals surface area contributed by atoms with Crippen LogP contribution in [-0.2, 0) is 0 Å². The molecule has 0 radical (unpaired) electrons. The number of carbonyl (C=O) groups excluding carboxylic acids is 1. The zero-order valence-electron chi connectivity index (χ0n) is 12.5. The summed E-state index contributed by atoms with van der Waals surface area (Å²) in [5.74, 6) is -0.288. The number of hydrazone groups is 1. The highest BCUT2D eigenvalue weighted by Crippen LogP contribution is 2.10. The first-order chi connectivity index (χ1) is 11.2. The van der Waals surface area contributed by atoms with E-state index < -0.39 is 0 Å². The van der Waals surface area contributed by atoms with Gasteiger partial charge in [0.15, 0.2) is 0 Å². The van der Waals surface area contributed by atoms with E-state index in [0.717, 1.165) is 11.3 Å². The van der Waals surface area contributed by atoms with Gasteiger partial charge in [-0.2, -0.15) is 10.2 Å². The summed E-state index contributed by atoms with van der Waals surface area (Å²) in [5.41, 5.74) is 5.62. The van der Waals surface area contributed by atoms with Crippen LogP contribution in [0.25, 0.3) is 5.69 Å². The maximum atomic E-state index is 11.9. The molecule has 0 aliphatic heterocycles. The normalized spacial score (nSPS) is 10.8. The predicted molar refractivity (Wildman–Crippen MR) is 87.6 cm³/mol. The van der Waals surface area contributed by atoms with Gasteiger partial charge in [0.25, 0.3) is 5.91 Å². The van der Waals surface area contributed by atoms with Gasteiger partial charge in [-0.05, 0) is 36.8 Å². The lowest BCUT2D eigenvalue weighted by atomic mass is 10.3. The van der Waals surface area contributed by atoms with Crippen LogP contribution in [0.1, 0.15) is 21.6 Å². The van der Waals surface area contributed by atoms with Gasteiger partial charge in [0, 0.05) is 24.2 Å². The number of benzene rings is 1. The van der Waals surface area contributed by atoms with E-state index in [1.54, 1.807) is 29.2 Å². The van der Waals surface area contributed by atoms with Gasteiger partial charge in [0.1, 0.15) is 5.69 Å². The third kappa shape index (κ3) is 3.49. The Morgan fingerprint density at radius 1 is 1.17 bits per heavy atom. The summed E-state index contributed by atoms with van der Waals surface area (Å²) in [7, 11) is 0. The summed E-state index contributed by atoms with van der Waals surface area (Å²) in [5, 5.41) is 8.42. The molecule has 1 N–H and O–H groups in total. The maximum absolute atomic E-state index is 11.9. The molecule has 6 heteroatoms. The Kier molecular flexibility index (Phi) is 4.24. The average Bonchev–Trinajstić information content (AvgIpc) is 2.97. The molecule has 23 heavy (non-hydrogen) atoms. The fraction of sp³-hybridized carbons (Fsp3) is 0.0588. The van der Waals surface area contributed by atoms with E-state index in [1.807, 2.05) is 43.5 Å². The van der Waals surface area contributed by atoms with Gasteiger partial charge in [-0.3, -0.25) is 9.78 Å². The molecular weight excluding hydrogens is 290 g/mol. The van der Waals surface area contributed by atoms with E-state index in [4.69, 9.17) is 0 Å². The molecule has 6 nitrogen and oxygen atoms in total. The van der Waals surface area contributed by atoms with Crippen molar-refractivity contribution >= 4 is 12.1 Å². The Balaban J connectivity index is 1.71. The standard InChI is InChI=1S/C17H15N5O/c1-13-12-22(15-5-3-2-4-6-15)21-16(13)11-19-20-17(23)14-7-9-18-10-8-14/h2-12H,1H3,(H,20,23)/b19-11+. The van der Waals surface area contributed by atoms with E-state index in [1.165, 1.54) is 6.21 Å². The second-order valence-electron chi connectivity index (χ2n) is 4.91. The fourth-order valence-electron chi connectivity index (χ4n) is 2.03. The molecule has 0 fully saturated rings. The number of nitrogens with one attached hydrogen (secondary N) is 1. The highest BCUT2D eigenvalue weighted by atomic mass is 16.2. The number of hydrogen-bond donors (Lipinski definition) is 1. The predicted octanol–water partition coefficient (Wildman–Crippen LogP) is 2.34. The van der Waals surface area contributed by atoms with Crippen LogP contribution in [0.5, 0.6) is 0 Å². The molecule has 0 aliphatic carbocycles. The fourth-order valence-corrected chi connectivity index (χ4v) is 2.03. The molecule has 0 saturated heterocycles. The number of hydrogen-bond acceptors (Lipinski definition) is 4. The van der Waals surface area contributed by atoms with Crippen molar-refractivity contribution in [2.45, 2.75) is 6.92 Å². The average molecular weight is 305 g/mol. The monoisotopic (exact) mass is 305 g/mol. The molecule has 3 aromatic rings. The number of carbonyl (C=O) groups is 1. The highest BCUT2D eigenvalue weighted by Gasteiger charge is 2.05. The first kappa shape index (κ1) is 14.6. The first-order valence-corrected chi connectivity index (χ1v) is 7.09. The number of amides is 1. The Bertz CT molecular complexity index is 825. The SMILES string of the molecule is Cc1cn(-c2ccccc2)nc1/C=N/NC(=O)c1ccncc1. The molecule has 0 saturated carbocycles. The van der Waals surface area contributed by atoms with Crippen molar-refractivity contribution in [1.29, 1.82) is 0 Å². The zero-order valence-corrected chi connectivity index (χ0v) is 12.5. The largest absolute Gasteiger partial charge is 0.271 e. The number of aromatic nitrogens is 3. The number of aryl methyl sites for hydroxylation is 1. The summed E-state index contributed by atoms with van der Waals surface area (Å²) < 4.78 is 1.78. The van der Waals surface area contributed by atoms with Crippen molar-refractivity contribution < 1.29 is 4.79 Å². The molecule has 1 aromatic carbocycles. The van der Waals surface area contributed by atoms with Crippen molar-refractivity contribution in [2.24, 2.45) is 5.10 Å². The van der Waals surface area contributed by atoms with Gasteiger partial charge in [0.2, 0.25) is 0 Å². The van der Waals surface area contributed by atoms with Crippen LogP contribution in [0.4, 0.5) is 0 Å². The van der Waals surface area contributed by atoms with E-state index in [9.17, 15) is 4.79 Å². The second-order valence-corrected chi connectivity index (χ2v) is 4.91. The molecule has 3 rings (SSSR count). The molecule has 114 valence electrons. The van der Waals surface area contributed by atoms with Gasteiger partial charge >= 0.3 is 0 Å². The Labute approximate surface area is 133 Å². The Hall–Kier alpha value is -3.28. The lowest BCUT2D eigenvalue weighted by Crippen LogP contribution is -2.17. The lowest BCUT2D eigenvalue weighted by Gasteiger charge is -1.99. The molecular formula is C17H15N5O. The third-order valence-electron chi connectivity index (χ3n) is 3.25. The minimum Gasteiger partial charge on any atom is -0.267 e. The van der Waals surface area contributed by atoms with E-state index >= 15 is 0 Å². The van der Waals surface area contributed by atoms with Crippen LogP contribution < -0.4 is 5.43 Å². The molecule has 2 heterocycles. The van der Waals surface area contributed by atoms with Crippen LogP contribution >= 0.6 is 0 Å². The molecule has 0 spiro atoms. The van der Waals surface area contributed by atoms with Crippen LogP contribution in [-0.4, -0.2) is 26.9 Å². The first-order valence-electron chi connectivity index (χ1n) is 7.09. The van der Waals surface area contributed by atoms with Crippen LogP contribution in [0.2, 0.25) is 0 Å². The van der Waals surface area contributed by atoms with Crippen molar-refractivity contribution in [1.82, 2.24) is 20.2 Å². The number of rotatable bonds is 4. The van der Waals surface area contributed by atoms with Gasteiger partial charge < -0.3 is 0 Å². The topological polar surface area (TPSA) is 72.2 Å². The lowest BCUT2D eigenvalue weighted by molar-refractivity contribution is 0.0955. The van der Waals surface area contributed by atoms with Gasteiger partial charge in [-0.15, -0.1) is 0 Å². The Morgan fingerprint density at radius 2 is 1.91 bits per heavy atom.